The third-order valence-electron chi connectivity index (χ3n) is 3.46. The third-order valence-corrected chi connectivity index (χ3v) is 4.70. The highest BCUT2D eigenvalue weighted by molar-refractivity contribution is 7.83. The highest BCUT2D eigenvalue weighted by Crippen LogP contribution is 2.23. The average Bonchev–Trinajstić information content (AvgIpc) is 3.02. The molecule has 0 fully saturated rings. The molecule has 0 spiro atoms. The van der Waals surface area contributed by atoms with Crippen molar-refractivity contribution in [3.05, 3.63) is 47.2 Å². The average molecular weight is 459 g/mol. The highest BCUT2D eigenvalue weighted by atomic mass is 32.2. The van der Waals surface area contributed by atoms with E-state index in [2.05, 4.69) is 19.9 Å². The van der Waals surface area contributed by atoms with Gasteiger partial charge in [0.05, 0.1) is 0 Å². The van der Waals surface area contributed by atoms with Crippen LogP contribution in [0.1, 0.15) is 50.7 Å². The number of carbonyl (C=O) groups excluding carboxylic acids is 1. The van der Waals surface area contributed by atoms with Crippen molar-refractivity contribution >= 4 is 28.7 Å². The molecule has 0 bridgehead atoms. The van der Waals surface area contributed by atoms with Crippen LogP contribution in [0.25, 0.3) is 6.08 Å². The number of halogens is 2. The Balaban J connectivity index is 0.00000116. The van der Waals surface area contributed by atoms with E-state index in [1.54, 1.807) is 33.4 Å². The fraction of sp³-hybridized carbons (Fsp3) is 0.429. The minimum atomic E-state index is -1.56. The summed E-state index contributed by atoms with van der Waals surface area (Å²) in [5, 5.41) is 6.86. The maximum Gasteiger partial charge on any atom is 0.274 e. The van der Waals surface area contributed by atoms with Crippen molar-refractivity contribution in [2.75, 3.05) is 19.5 Å². The summed E-state index contributed by atoms with van der Waals surface area (Å²) in [7, 11) is 3.24. The van der Waals surface area contributed by atoms with Crippen LogP contribution in [-0.4, -0.2) is 40.2 Å². The van der Waals surface area contributed by atoms with Gasteiger partial charge in [-0.15, -0.1) is 0 Å². The molecule has 0 saturated heterocycles. The van der Waals surface area contributed by atoms with Gasteiger partial charge in [-0.1, -0.05) is 39.8 Å². The number of amides is 1. The molecule has 10 heteroatoms. The number of nitrogens with zero attached hydrogens (tertiary/aromatic N) is 2. The van der Waals surface area contributed by atoms with E-state index >= 15 is 0 Å². The van der Waals surface area contributed by atoms with Gasteiger partial charge in [0.2, 0.25) is 0 Å². The largest absolute Gasteiger partial charge is 0.388 e. The number of ether oxygens (including phenoxy) is 1. The molecule has 3 rings (SSSR count). The lowest BCUT2D eigenvalue weighted by Gasteiger charge is -2.07. The number of methoxy groups -OCH3 is 1. The van der Waals surface area contributed by atoms with Crippen molar-refractivity contribution in [2.24, 2.45) is 7.05 Å². The van der Waals surface area contributed by atoms with E-state index in [1.165, 1.54) is 10.7 Å². The topological polar surface area (TPSA) is 85.2 Å². The van der Waals surface area contributed by atoms with Gasteiger partial charge in [-0.3, -0.25) is 9.48 Å². The maximum absolute atomic E-state index is 13.3. The van der Waals surface area contributed by atoms with Crippen LogP contribution in [0, 0.1) is 11.6 Å². The van der Waals surface area contributed by atoms with Crippen LogP contribution >= 0.6 is 0 Å². The zero-order valence-electron chi connectivity index (χ0n) is 19.2. The van der Waals surface area contributed by atoms with Gasteiger partial charge >= 0.3 is 0 Å². The molecular formula is C21H32F2N4O3S. The number of fused-ring (bicyclic) bond motifs is 1. The predicted molar refractivity (Wildman–Crippen MR) is 121 cm³/mol. The second-order valence-corrected chi connectivity index (χ2v) is 6.88. The number of hydrogen-bond donors (Lipinski definition) is 2. The molecule has 2 N–H and O–H groups in total. The molecule has 2 unspecified atom stereocenters. The summed E-state index contributed by atoms with van der Waals surface area (Å²) < 4.78 is 46.8. The first-order chi connectivity index (χ1) is 14.8. The number of carbonyl (C=O) groups is 1. The van der Waals surface area contributed by atoms with Crippen LogP contribution in [0.5, 0.6) is 0 Å². The van der Waals surface area contributed by atoms with Gasteiger partial charge < -0.3 is 10.1 Å². The fourth-order valence-electron chi connectivity index (χ4n) is 2.34. The van der Waals surface area contributed by atoms with Crippen LogP contribution in [0.15, 0.2) is 29.3 Å². The molecule has 0 saturated carbocycles. The van der Waals surface area contributed by atoms with Crippen LogP contribution < -0.4 is 10.0 Å². The van der Waals surface area contributed by atoms with Crippen LogP contribution in [0.3, 0.4) is 0 Å². The van der Waals surface area contributed by atoms with Crippen molar-refractivity contribution in [3.8, 4) is 0 Å². The second kappa shape index (κ2) is 14.6. The Kier molecular flexibility index (Phi) is 13.4. The van der Waals surface area contributed by atoms with Gasteiger partial charge in [-0.2, -0.15) is 5.10 Å². The second-order valence-electron chi connectivity index (χ2n) is 5.72. The van der Waals surface area contributed by atoms with Gasteiger partial charge in [-0.05, 0) is 19.1 Å². The van der Waals surface area contributed by atoms with E-state index in [0.29, 0.717) is 5.56 Å². The number of hydrogen-bond acceptors (Lipinski definition) is 4. The van der Waals surface area contributed by atoms with E-state index in [0.717, 1.165) is 12.1 Å². The summed E-state index contributed by atoms with van der Waals surface area (Å²) in [6.07, 6.45) is 3.44. The first kappa shape index (κ1) is 28.6. The molecule has 31 heavy (non-hydrogen) atoms. The SMILES string of the molecule is CC.CC.CC1C=Cc2c(nn(C)c2C(=O)Nc2ccc(F)c(F)c2)S(=O)N1.COC. The van der Waals surface area contributed by atoms with E-state index in [1.807, 2.05) is 34.6 Å². The van der Waals surface area contributed by atoms with E-state index < -0.39 is 28.5 Å². The molecular weight excluding hydrogens is 426 g/mol. The third kappa shape index (κ3) is 7.97. The van der Waals surface area contributed by atoms with Crippen molar-refractivity contribution in [1.29, 1.82) is 0 Å². The van der Waals surface area contributed by atoms with Crippen LogP contribution in [0.2, 0.25) is 0 Å². The molecule has 1 aliphatic rings. The van der Waals surface area contributed by atoms with Crippen LogP contribution in [-0.2, 0) is 22.8 Å². The lowest BCUT2D eigenvalue weighted by Crippen LogP contribution is -2.25. The summed E-state index contributed by atoms with van der Waals surface area (Å²) >= 11 is 0. The summed E-state index contributed by atoms with van der Waals surface area (Å²) in [4.78, 5) is 12.5. The molecule has 1 aromatic heterocycles. The maximum atomic E-state index is 13.3. The zero-order chi connectivity index (χ0) is 24.1. The number of nitrogens with one attached hydrogen (secondary N) is 2. The number of rotatable bonds is 2. The zero-order valence-corrected chi connectivity index (χ0v) is 20.1. The summed E-state index contributed by atoms with van der Waals surface area (Å²) in [6.45, 7) is 9.82. The van der Waals surface area contributed by atoms with Crippen molar-refractivity contribution in [3.63, 3.8) is 0 Å². The molecule has 1 aromatic carbocycles. The van der Waals surface area contributed by atoms with E-state index in [4.69, 9.17) is 0 Å². The lowest BCUT2D eigenvalue weighted by molar-refractivity contribution is 0.101. The van der Waals surface area contributed by atoms with Gasteiger partial charge in [0.25, 0.3) is 5.91 Å². The minimum absolute atomic E-state index is 0.110. The molecule has 1 amide bonds. The lowest BCUT2D eigenvalue weighted by atomic mass is 10.2. The Labute approximate surface area is 185 Å². The molecule has 1 aliphatic heterocycles. The molecule has 2 atom stereocenters. The Morgan fingerprint density at radius 3 is 2.32 bits per heavy atom. The number of aryl methyl sites for hydroxylation is 1. The fourth-order valence-corrected chi connectivity index (χ4v) is 3.43. The summed E-state index contributed by atoms with van der Waals surface area (Å²) in [6, 6.07) is 2.92. The van der Waals surface area contributed by atoms with Crippen molar-refractivity contribution in [2.45, 2.75) is 45.7 Å². The quantitative estimate of drug-likeness (QED) is 0.703. The number of aromatic nitrogens is 2. The Bertz CT molecular complexity index is 901. The smallest absolute Gasteiger partial charge is 0.274 e. The van der Waals surface area contributed by atoms with Crippen molar-refractivity contribution < 1.29 is 22.5 Å². The van der Waals surface area contributed by atoms with Gasteiger partial charge in [-0.25, -0.2) is 17.7 Å². The molecule has 2 heterocycles. The normalized spacial score (nSPS) is 16.2. The van der Waals surface area contributed by atoms with Crippen LogP contribution in [0.4, 0.5) is 14.5 Å². The molecule has 0 radical (unpaired) electrons. The highest BCUT2D eigenvalue weighted by Gasteiger charge is 2.26. The van der Waals surface area contributed by atoms with E-state index in [9.17, 15) is 17.8 Å². The molecule has 0 aliphatic carbocycles. The monoisotopic (exact) mass is 458 g/mol. The minimum Gasteiger partial charge on any atom is -0.388 e. The Morgan fingerprint density at radius 1 is 1.19 bits per heavy atom. The summed E-state index contributed by atoms with van der Waals surface area (Å²) in [5.74, 6) is -2.62. The summed E-state index contributed by atoms with van der Waals surface area (Å²) in [5.41, 5.74) is 0.710. The Morgan fingerprint density at radius 2 is 1.77 bits per heavy atom. The predicted octanol–water partition coefficient (Wildman–Crippen LogP) is 4.29. The molecule has 174 valence electrons. The number of anilines is 1. The van der Waals surface area contributed by atoms with Gasteiger partial charge in [0, 0.05) is 44.6 Å². The van der Waals surface area contributed by atoms with Gasteiger partial charge in [0.1, 0.15) is 16.7 Å². The number of benzene rings is 1. The first-order valence-corrected chi connectivity index (χ1v) is 11.0. The van der Waals surface area contributed by atoms with E-state index in [-0.39, 0.29) is 22.4 Å². The standard InChI is InChI=1S/C15H14F2N4O2S.C2H6O.2C2H6/c1-8-3-5-10-13(21(2)19-15(10)24(23)20-8)14(22)18-9-4-6-11(16)12(17)7-9;1-3-2;2*1-2/h3-8,20H,1-2H3,(H,18,22);1-2H3;2*1-2H3. The van der Waals surface area contributed by atoms with Crippen molar-refractivity contribution in [1.82, 2.24) is 14.5 Å². The van der Waals surface area contributed by atoms with Gasteiger partial charge in [0.15, 0.2) is 16.7 Å². The first-order valence-electron chi connectivity index (χ1n) is 9.88. The molecule has 2 aromatic rings. The molecule has 7 nitrogen and oxygen atoms in total. The Hall–Kier alpha value is -2.43.